The van der Waals surface area contributed by atoms with Crippen LogP contribution in [0.15, 0.2) is 108 Å². The van der Waals surface area contributed by atoms with Gasteiger partial charge >= 0.3 is 0 Å². The van der Waals surface area contributed by atoms with E-state index in [9.17, 15) is 14.7 Å². The van der Waals surface area contributed by atoms with Crippen molar-refractivity contribution in [3.63, 3.8) is 0 Å². The lowest BCUT2D eigenvalue weighted by molar-refractivity contribution is -0.126. The summed E-state index contributed by atoms with van der Waals surface area (Å²) < 4.78 is 5.54. The van der Waals surface area contributed by atoms with Crippen molar-refractivity contribution < 1.29 is 19.4 Å². The molecule has 7 aliphatic rings. The number of hydrogen-bond donors (Lipinski definition) is 5. The van der Waals surface area contributed by atoms with E-state index in [0.29, 0.717) is 53.2 Å². The molecule has 1 saturated heterocycles. The van der Waals surface area contributed by atoms with Crippen molar-refractivity contribution in [3.8, 4) is 11.5 Å². The molecule has 0 aromatic heterocycles. The highest BCUT2D eigenvalue weighted by Gasteiger charge is 2.60. The van der Waals surface area contributed by atoms with Crippen molar-refractivity contribution in [2.45, 2.75) is 134 Å². The van der Waals surface area contributed by atoms with Gasteiger partial charge in [0.2, 0.25) is 0 Å². The van der Waals surface area contributed by atoms with E-state index in [1.807, 2.05) is 6.20 Å². The summed E-state index contributed by atoms with van der Waals surface area (Å²) >= 11 is 0. The minimum absolute atomic E-state index is 0.0457. The Morgan fingerprint density at radius 2 is 1.70 bits per heavy atom. The lowest BCUT2D eigenvalue weighted by Gasteiger charge is -2.55. The number of Topliss-reactive ketones (excluding diaryl/α,β-unsaturated/α-hetero) is 1. The Morgan fingerprint density at radius 3 is 2.52 bits per heavy atom. The van der Waals surface area contributed by atoms with Gasteiger partial charge in [0.1, 0.15) is 5.78 Å². The largest absolute Gasteiger partial charge is 0.504 e. The average molecular weight is 931 g/mol. The number of aromatic hydroxyl groups is 1. The van der Waals surface area contributed by atoms with E-state index in [0.717, 1.165) is 98.2 Å². The van der Waals surface area contributed by atoms with Crippen molar-refractivity contribution in [2.75, 3.05) is 26.7 Å². The third-order valence-electron chi connectivity index (χ3n) is 18.6. The average Bonchev–Trinajstić information content (AvgIpc) is 3.97. The molecule has 3 aromatic rings. The fourth-order valence-corrected chi connectivity index (χ4v) is 15.5. The maximum absolute atomic E-state index is 14.0. The van der Waals surface area contributed by atoms with E-state index in [4.69, 9.17) is 10.5 Å². The summed E-state index contributed by atoms with van der Waals surface area (Å²) in [6.07, 6.45) is 32.4. The molecule has 9 unspecified atom stereocenters. The third kappa shape index (κ3) is 10.8. The maximum atomic E-state index is 14.0. The number of phenols is 1. The van der Waals surface area contributed by atoms with Gasteiger partial charge in [-0.3, -0.25) is 9.59 Å². The van der Waals surface area contributed by atoms with Crippen LogP contribution in [-0.4, -0.2) is 55.6 Å². The zero-order valence-electron chi connectivity index (χ0n) is 41.2. The van der Waals surface area contributed by atoms with Gasteiger partial charge in [-0.2, -0.15) is 0 Å². The number of methoxy groups -OCH3 is 1. The number of benzene rings is 3. The minimum Gasteiger partial charge on any atom is -0.504 e. The first-order valence-electron chi connectivity index (χ1n) is 26.9. The highest BCUT2D eigenvalue weighted by atomic mass is 16.5. The van der Waals surface area contributed by atoms with Crippen LogP contribution in [0.4, 0.5) is 0 Å². The molecule has 1 spiro atoms. The minimum atomic E-state index is -0.291. The molecular formula is C61H78N4O4. The quantitative estimate of drug-likeness (QED) is 0.0515. The molecule has 0 bridgehead atoms. The number of carbonyl (C=O) groups is 2. The summed E-state index contributed by atoms with van der Waals surface area (Å²) in [6, 6.07) is 23.6. The van der Waals surface area contributed by atoms with E-state index in [1.165, 1.54) is 88.0 Å². The Hall–Kier alpha value is -4.76. The SMILES string of the molecule is COc1cc(C=CC(=O)CC(=O)CC2CCC3C4(CCCC4)CCC3(CC3C4CCNCC4CC4C=CCNC43)C2)c(CC2=CNC(N)C=C2CCc2cccc(CCc3ccccc3)c2)cc1O. The van der Waals surface area contributed by atoms with Crippen LogP contribution < -0.4 is 26.4 Å². The number of aryl methyl sites for hydroxylation is 3. The second kappa shape index (κ2) is 21.3. The zero-order valence-corrected chi connectivity index (χ0v) is 41.2. The first-order chi connectivity index (χ1) is 33.7. The summed E-state index contributed by atoms with van der Waals surface area (Å²) in [4.78, 5) is 27.7. The molecule has 4 aliphatic carbocycles. The van der Waals surface area contributed by atoms with Gasteiger partial charge in [0, 0.05) is 25.2 Å². The smallest absolute Gasteiger partial charge is 0.163 e. The normalized spacial score (nSPS) is 30.2. The van der Waals surface area contributed by atoms with Crippen LogP contribution in [0.25, 0.3) is 6.08 Å². The number of allylic oxidation sites excluding steroid dienone is 3. The van der Waals surface area contributed by atoms with Gasteiger partial charge in [0.15, 0.2) is 17.3 Å². The monoisotopic (exact) mass is 931 g/mol. The Labute approximate surface area is 412 Å². The van der Waals surface area contributed by atoms with Crippen LogP contribution in [0.5, 0.6) is 11.5 Å². The lowest BCUT2D eigenvalue weighted by Crippen LogP contribution is -2.57. The molecule has 8 heteroatoms. The van der Waals surface area contributed by atoms with E-state index >= 15 is 0 Å². The van der Waals surface area contributed by atoms with Gasteiger partial charge in [-0.25, -0.2) is 0 Å². The van der Waals surface area contributed by atoms with E-state index in [2.05, 4.69) is 88.8 Å². The summed E-state index contributed by atoms with van der Waals surface area (Å²) in [5, 5.41) is 22.1. The van der Waals surface area contributed by atoms with Crippen LogP contribution >= 0.6 is 0 Å². The maximum Gasteiger partial charge on any atom is 0.163 e. The Morgan fingerprint density at radius 1 is 0.899 bits per heavy atom. The third-order valence-corrected chi connectivity index (χ3v) is 18.6. The molecule has 10 rings (SSSR count). The Kier molecular flexibility index (Phi) is 14.8. The van der Waals surface area contributed by atoms with Gasteiger partial charge in [-0.15, -0.1) is 0 Å². The van der Waals surface area contributed by atoms with E-state index in [-0.39, 0.29) is 29.9 Å². The molecule has 3 heterocycles. The number of piperidine rings is 1. The molecule has 0 amide bonds. The lowest BCUT2D eigenvalue weighted by atomic mass is 9.52. The Bertz CT molecular complexity index is 2430. The number of hydrogen-bond acceptors (Lipinski definition) is 8. The summed E-state index contributed by atoms with van der Waals surface area (Å²) in [5.74, 6) is 4.25. The first kappa shape index (κ1) is 47.9. The highest BCUT2D eigenvalue weighted by molar-refractivity contribution is 6.06. The van der Waals surface area contributed by atoms with Crippen molar-refractivity contribution in [1.29, 1.82) is 0 Å². The number of ketones is 2. The van der Waals surface area contributed by atoms with Crippen LogP contribution in [0, 0.1) is 46.3 Å². The molecule has 4 saturated carbocycles. The number of ether oxygens (including phenoxy) is 1. The number of carbonyl (C=O) groups excluding carboxylic acids is 2. The number of nitrogens with two attached hydrogens (primary N) is 1. The molecule has 69 heavy (non-hydrogen) atoms. The molecule has 366 valence electrons. The van der Waals surface area contributed by atoms with Gasteiger partial charge in [-0.05, 0) is 219 Å². The van der Waals surface area contributed by atoms with Crippen LogP contribution in [0.1, 0.15) is 124 Å². The topological polar surface area (TPSA) is 126 Å². The number of rotatable bonds is 17. The molecule has 0 radical (unpaired) electrons. The van der Waals surface area contributed by atoms with Gasteiger partial charge in [0.05, 0.1) is 19.7 Å². The van der Waals surface area contributed by atoms with E-state index < -0.39 is 0 Å². The predicted molar refractivity (Wildman–Crippen MR) is 278 cm³/mol. The fraction of sp³-hybridized carbons (Fsp3) is 0.541. The number of dihydropyridines is 1. The molecule has 5 fully saturated rings. The highest BCUT2D eigenvalue weighted by Crippen LogP contribution is 2.69. The van der Waals surface area contributed by atoms with Crippen LogP contribution in [0.3, 0.4) is 0 Å². The predicted octanol–water partition coefficient (Wildman–Crippen LogP) is 10.5. The van der Waals surface area contributed by atoms with Crippen molar-refractivity contribution in [1.82, 2.24) is 16.0 Å². The number of nitrogens with one attached hydrogen (secondary N) is 3. The first-order valence-corrected chi connectivity index (χ1v) is 26.9. The van der Waals surface area contributed by atoms with Gasteiger partial charge < -0.3 is 31.5 Å². The second-order valence-electron chi connectivity index (χ2n) is 22.7. The van der Waals surface area contributed by atoms with Crippen LogP contribution in [0.2, 0.25) is 0 Å². The standard InChI is InChI=1S/C61H78N4O4/c1-69-56-34-45(48(33-55(56)68)32-49-40-65-58(62)35-46(49)18-16-43-12-7-11-42(29-43)15-14-41-9-3-2-4-10-41)19-20-51(66)36-52(67)30-44-17-21-57-60(23-5-6-24-60)25-26-61(57,37-44)38-54-53-22-28-63-39-50(53)31-47-13-8-27-64-59(47)54/h2-4,7-13,19-20,29,33-35,40,44,47,50,53-54,57-59,63-65,68H,5-6,14-18,21-28,30-32,36-39,62H2,1H3. The summed E-state index contributed by atoms with van der Waals surface area (Å²) in [7, 11) is 1.54. The number of fused-ring (bicyclic) bond motifs is 4. The fourth-order valence-electron chi connectivity index (χ4n) is 15.5. The molecule has 3 aromatic carbocycles. The van der Waals surface area contributed by atoms with Gasteiger partial charge in [-0.1, -0.05) is 85.7 Å². The second-order valence-corrected chi connectivity index (χ2v) is 22.7. The van der Waals surface area contributed by atoms with Crippen molar-refractivity contribution in [2.24, 2.45) is 52.1 Å². The van der Waals surface area contributed by atoms with E-state index in [1.54, 1.807) is 24.3 Å². The summed E-state index contributed by atoms with van der Waals surface area (Å²) in [6.45, 7) is 3.29. The van der Waals surface area contributed by atoms with Crippen molar-refractivity contribution >= 4 is 17.6 Å². The van der Waals surface area contributed by atoms with Crippen LogP contribution in [-0.2, 0) is 35.3 Å². The number of phenolic OH excluding ortho intramolecular Hbond substituents is 1. The molecule has 3 aliphatic heterocycles. The van der Waals surface area contributed by atoms with Gasteiger partial charge in [0.25, 0.3) is 0 Å². The molecule has 6 N–H and O–H groups in total. The summed E-state index contributed by atoms with van der Waals surface area (Å²) in [5.41, 5.74) is 15.1. The van der Waals surface area contributed by atoms with Crippen molar-refractivity contribution in [3.05, 3.63) is 136 Å². The molecular weight excluding hydrogens is 853 g/mol. The molecule has 9 atom stereocenters. The molecule has 8 nitrogen and oxygen atoms in total. The Balaban J connectivity index is 0.794. The zero-order chi connectivity index (χ0) is 47.4.